The van der Waals surface area contributed by atoms with Crippen LogP contribution in [0.25, 0.3) is 0 Å². The summed E-state index contributed by atoms with van der Waals surface area (Å²) >= 11 is 0. The summed E-state index contributed by atoms with van der Waals surface area (Å²) in [5, 5.41) is 0. The first-order chi connectivity index (χ1) is 8.19. The van der Waals surface area contributed by atoms with Crippen LogP contribution in [0.1, 0.15) is 18.9 Å². The lowest BCUT2D eigenvalue weighted by Gasteiger charge is -2.15. The molecule has 17 heavy (non-hydrogen) atoms. The van der Waals surface area contributed by atoms with Crippen molar-refractivity contribution in [3.8, 4) is 5.75 Å². The highest BCUT2D eigenvalue weighted by Gasteiger charge is 2.19. The van der Waals surface area contributed by atoms with E-state index < -0.39 is 0 Å². The molecular weight excluding hydrogens is 219 g/mol. The van der Waals surface area contributed by atoms with E-state index in [-0.39, 0.29) is 11.9 Å². The van der Waals surface area contributed by atoms with Gasteiger partial charge in [0.15, 0.2) is 11.6 Å². The number of nitrogens with zero attached hydrogens (tertiary/aromatic N) is 1. The Morgan fingerprint density at radius 3 is 2.94 bits per heavy atom. The highest BCUT2D eigenvalue weighted by atomic mass is 19.1. The Kier molecular flexibility index (Phi) is 3.97. The van der Waals surface area contributed by atoms with E-state index in [9.17, 15) is 4.39 Å². The number of nitrogens with two attached hydrogens (primary N) is 1. The first kappa shape index (κ1) is 12.3. The van der Waals surface area contributed by atoms with Crippen molar-refractivity contribution in [1.29, 1.82) is 0 Å². The fourth-order valence-corrected chi connectivity index (χ4v) is 2.18. The van der Waals surface area contributed by atoms with E-state index in [0.29, 0.717) is 12.4 Å². The minimum absolute atomic E-state index is 0.266. The summed E-state index contributed by atoms with van der Waals surface area (Å²) in [4.78, 5) is 2.25. The molecule has 0 radical (unpaired) electrons. The van der Waals surface area contributed by atoms with Crippen molar-refractivity contribution >= 4 is 0 Å². The van der Waals surface area contributed by atoms with Crippen molar-refractivity contribution in [2.75, 3.05) is 19.7 Å². The van der Waals surface area contributed by atoms with Gasteiger partial charge in [0.1, 0.15) is 0 Å². The van der Waals surface area contributed by atoms with Gasteiger partial charge in [-0.3, -0.25) is 4.90 Å². The minimum atomic E-state index is -0.284. The quantitative estimate of drug-likeness (QED) is 0.868. The maximum absolute atomic E-state index is 13.6. The van der Waals surface area contributed by atoms with E-state index in [1.807, 2.05) is 13.0 Å². The molecule has 1 aliphatic heterocycles. The predicted octanol–water partition coefficient (Wildman–Crippen LogP) is 1.76. The van der Waals surface area contributed by atoms with Crippen molar-refractivity contribution in [3.05, 3.63) is 29.6 Å². The number of ether oxygens (including phenoxy) is 1. The summed E-state index contributed by atoms with van der Waals surface area (Å²) in [6.45, 7) is 4.98. The van der Waals surface area contributed by atoms with Gasteiger partial charge in [0, 0.05) is 25.7 Å². The molecule has 1 fully saturated rings. The molecule has 2 rings (SSSR count). The van der Waals surface area contributed by atoms with E-state index >= 15 is 0 Å². The van der Waals surface area contributed by atoms with Gasteiger partial charge in [-0.15, -0.1) is 0 Å². The zero-order chi connectivity index (χ0) is 12.3. The van der Waals surface area contributed by atoms with Gasteiger partial charge in [0.05, 0.1) is 6.61 Å². The lowest BCUT2D eigenvalue weighted by atomic mass is 10.2. The molecule has 1 heterocycles. The molecule has 0 spiro atoms. The van der Waals surface area contributed by atoms with Crippen LogP contribution >= 0.6 is 0 Å². The van der Waals surface area contributed by atoms with Gasteiger partial charge < -0.3 is 10.5 Å². The molecule has 4 heteroatoms. The second-order valence-electron chi connectivity index (χ2n) is 4.48. The first-order valence-electron chi connectivity index (χ1n) is 6.08. The van der Waals surface area contributed by atoms with Crippen molar-refractivity contribution in [3.63, 3.8) is 0 Å². The first-order valence-corrected chi connectivity index (χ1v) is 6.08. The molecule has 94 valence electrons. The Labute approximate surface area is 101 Å². The summed E-state index contributed by atoms with van der Waals surface area (Å²) < 4.78 is 18.8. The Morgan fingerprint density at radius 1 is 1.53 bits per heavy atom. The van der Waals surface area contributed by atoms with Crippen LogP contribution in [0, 0.1) is 5.82 Å². The third-order valence-electron chi connectivity index (χ3n) is 3.01. The van der Waals surface area contributed by atoms with Crippen LogP contribution < -0.4 is 10.5 Å². The van der Waals surface area contributed by atoms with Crippen molar-refractivity contribution in [2.45, 2.75) is 25.9 Å². The normalized spacial score (nSPS) is 20.8. The van der Waals surface area contributed by atoms with Crippen molar-refractivity contribution in [2.24, 2.45) is 5.73 Å². The van der Waals surface area contributed by atoms with E-state index in [0.717, 1.165) is 31.6 Å². The molecule has 1 aromatic carbocycles. The van der Waals surface area contributed by atoms with E-state index in [2.05, 4.69) is 4.90 Å². The number of hydrogen-bond donors (Lipinski definition) is 1. The van der Waals surface area contributed by atoms with E-state index in [4.69, 9.17) is 10.5 Å². The molecule has 2 N–H and O–H groups in total. The molecule has 1 atom stereocenters. The number of likely N-dealkylation sites (tertiary alicyclic amines) is 1. The molecule has 0 amide bonds. The molecule has 0 bridgehead atoms. The summed E-state index contributed by atoms with van der Waals surface area (Å²) in [6.07, 6.45) is 1.03. The van der Waals surface area contributed by atoms with E-state index in [1.165, 1.54) is 0 Å². The second kappa shape index (κ2) is 5.47. The highest BCUT2D eigenvalue weighted by Crippen LogP contribution is 2.20. The average Bonchev–Trinajstić information content (AvgIpc) is 2.68. The second-order valence-corrected chi connectivity index (χ2v) is 4.48. The van der Waals surface area contributed by atoms with Gasteiger partial charge in [-0.1, -0.05) is 6.07 Å². The maximum atomic E-state index is 13.6. The molecule has 1 aliphatic rings. The number of rotatable bonds is 4. The third kappa shape index (κ3) is 3.17. The Balaban J connectivity index is 1.99. The summed E-state index contributed by atoms with van der Waals surface area (Å²) in [6, 6.07) is 5.43. The molecule has 1 aromatic rings. The van der Waals surface area contributed by atoms with Gasteiger partial charge in [0.25, 0.3) is 0 Å². The Bertz CT molecular complexity index is 384. The van der Waals surface area contributed by atoms with Crippen LogP contribution in [-0.4, -0.2) is 30.6 Å². The molecule has 0 saturated carbocycles. The van der Waals surface area contributed by atoms with Crippen LogP contribution in [0.4, 0.5) is 4.39 Å². The monoisotopic (exact) mass is 238 g/mol. The van der Waals surface area contributed by atoms with Crippen LogP contribution in [0.3, 0.4) is 0 Å². The Morgan fingerprint density at radius 2 is 2.35 bits per heavy atom. The topological polar surface area (TPSA) is 38.5 Å². The molecule has 0 unspecified atom stereocenters. The fraction of sp³-hybridized carbons (Fsp3) is 0.538. The van der Waals surface area contributed by atoms with E-state index in [1.54, 1.807) is 12.1 Å². The number of halogens is 1. The van der Waals surface area contributed by atoms with Crippen LogP contribution in [-0.2, 0) is 6.54 Å². The average molecular weight is 238 g/mol. The molecule has 0 aliphatic carbocycles. The maximum Gasteiger partial charge on any atom is 0.165 e. The van der Waals surface area contributed by atoms with Crippen LogP contribution in [0.2, 0.25) is 0 Å². The largest absolute Gasteiger partial charge is 0.491 e. The van der Waals surface area contributed by atoms with Gasteiger partial charge >= 0.3 is 0 Å². The zero-order valence-corrected chi connectivity index (χ0v) is 10.2. The van der Waals surface area contributed by atoms with Crippen LogP contribution in [0.5, 0.6) is 5.75 Å². The summed E-state index contributed by atoms with van der Waals surface area (Å²) in [5.41, 5.74) is 6.81. The number of benzene rings is 1. The summed E-state index contributed by atoms with van der Waals surface area (Å²) in [5.74, 6) is 0.0437. The fourth-order valence-electron chi connectivity index (χ4n) is 2.18. The highest BCUT2D eigenvalue weighted by molar-refractivity contribution is 5.29. The molecule has 0 aromatic heterocycles. The molecule has 1 saturated heterocycles. The lowest BCUT2D eigenvalue weighted by Crippen LogP contribution is -2.26. The smallest absolute Gasteiger partial charge is 0.165 e. The van der Waals surface area contributed by atoms with Crippen molar-refractivity contribution < 1.29 is 9.13 Å². The zero-order valence-electron chi connectivity index (χ0n) is 10.2. The Hall–Kier alpha value is -1.13. The lowest BCUT2D eigenvalue weighted by molar-refractivity contribution is 0.315. The summed E-state index contributed by atoms with van der Waals surface area (Å²) in [7, 11) is 0. The van der Waals surface area contributed by atoms with Gasteiger partial charge in [-0.05, 0) is 31.0 Å². The van der Waals surface area contributed by atoms with Gasteiger partial charge in [0.2, 0.25) is 0 Å². The molecule has 3 nitrogen and oxygen atoms in total. The SMILES string of the molecule is CCOc1ccc(CN2CC[C@@H](N)C2)cc1F. The number of hydrogen-bond acceptors (Lipinski definition) is 3. The molecular formula is C13H19FN2O. The van der Waals surface area contributed by atoms with Crippen LogP contribution in [0.15, 0.2) is 18.2 Å². The minimum Gasteiger partial charge on any atom is -0.491 e. The standard InChI is InChI=1S/C13H19FN2O/c1-2-17-13-4-3-10(7-12(13)14)8-16-6-5-11(15)9-16/h3-4,7,11H,2,5-6,8-9,15H2,1H3/t11-/m1/s1. The van der Waals surface area contributed by atoms with Gasteiger partial charge in [-0.2, -0.15) is 0 Å². The van der Waals surface area contributed by atoms with Crippen molar-refractivity contribution in [1.82, 2.24) is 4.90 Å². The van der Waals surface area contributed by atoms with Gasteiger partial charge in [-0.25, -0.2) is 4.39 Å². The predicted molar refractivity (Wildman–Crippen MR) is 65.4 cm³/mol. The third-order valence-corrected chi connectivity index (χ3v) is 3.01.